The molecule has 0 aliphatic carbocycles. The summed E-state index contributed by atoms with van der Waals surface area (Å²) in [6, 6.07) is 13.7. The zero-order chi connectivity index (χ0) is 26.7. The minimum atomic E-state index is -1.15. The van der Waals surface area contributed by atoms with E-state index >= 15 is 0 Å². The first-order valence-corrected chi connectivity index (χ1v) is 11.5. The number of nitro benzene ring substituents is 1. The number of nitro groups is 1. The molecule has 0 radical (unpaired) electrons. The van der Waals surface area contributed by atoms with E-state index in [1.807, 2.05) is 36.2 Å². The van der Waals surface area contributed by atoms with Crippen molar-refractivity contribution in [1.29, 1.82) is 0 Å². The lowest BCUT2D eigenvalue weighted by Gasteiger charge is -2.29. The number of aromatic nitrogens is 2. The van der Waals surface area contributed by atoms with Crippen molar-refractivity contribution in [3.8, 4) is 5.75 Å². The molecule has 0 amide bonds. The van der Waals surface area contributed by atoms with Crippen LogP contribution in [0.5, 0.6) is 5.75 Å². The molecule has 37 heavy (non-hydrogen) atoms. The third kappa shape index (κ3) is 5.51. The maximum atomic E-state index is 12.3. The van der Waals surface area contributed by atoms with E-state index < -0.39 is 16.8 Å². The van der Waals surface area contributed by atoms with E-state index in [0.717, 1.165) is 11.3 Å². The highest BCUT2D eigenvalue weighted by atomic mass is 16.6. The van der Waals surface area contributed by atoms with E-state index in [9.17, 15) is 20.0 Å². The van der Waals surface area contributed by atoms with Crippen LogP contribution in [0, 0.1) is 10.1 Å². The van der Waals surface area contributed by atoms with Crippen LogP contribution in [0.2, 0.25) is 0 Å². The number of nitrogens with zero attached hydrogens (tertiary/aromatic N) is 4. The first-order valence-electron chi connectivity index (χ1n) is 11.5. The Morgan fingerprint density at radius 2 is 1.92 bits per heavy atom. The molecular weight excluding hydrogens is 478 g/mol. The third-order valence-electron chi connectivity index (χ3n) is 6.13. The minimum absolute atomic E-state index is 0.0532. The van der Waals surface area contributed by atoms with Crippen molar-refractivity contribution >= 4 is 17.2 Å². The molecule has 0 bridgehead atoms. The number of carboxylic acid groups (broad SMARTS) is 1. The zero-order valence-corrected chi connectivity index (χ0v) is 20.9. The van der Waals surface area contributed by atoms with Gasteiger partial charge in [-0.3, -0.25) is 15.0 Å². The first-order chi connectivity index (χ1) is 17.7. The number of hydrogen-bond donors (Lipinski definition) is 2. The number of carbonyl (C=O) groups is 1. The zero-order valence-electron chi connectivity index (χ0n) is 20.9. The average Bonchev–Trinajstić information content (AvgIpc) is 3.31. The summed E-state index contributed by atoms with van der Waals surface area (Å²) in [5.41, 5.74) is 2.96. The second-order valence-electron chi connectivity index (χ2n) is 8.83. The van der Waals surface area contributed by atoms with E-state index in [0.29, 0.717) is 41.4 Å². The fourth-order valence-electron chi connectivity index (χ4n) is 4.48. The summed E-state index contributed by atoms with van der Waals surface area (Å²) in [4.78, 5) is 29.7. The largest absolute Gasteiger partial charge is 0.497 e. The minimum Gasteiger partial charge on any atom is -0.497 e. The SMILES string of the molecule is COc1ccc(CN(C)Cc2noc(C3=C(C)NC(C)=C(C(=O)O)C3c3cccc([N+](=O)[O-])c3)n2)cc1. The number of non-ortho nitro benzene ring substituents is 1. The van der Waals surface area contributed by atoms with E-state index in [1.54, 1.807) is 27.0 Å². The van der Waals surface area contributed by atoms with Gasteiger partial charge in [-0.15, -0.1) is 0 Å². The molecule has 192 valence electrons. The summed E-state index contributed by atoms with van der Waals surface area (Å²) in [6.45, 7) is 4.46. The van der Waals surface area contributed by atoms with E-state index in [2.05, 4.69) is 15.5 Å². The van der Waals surface area contributed by atoms with E-state index in [1.165, 1.54) is 18.2 Å². The molecule has 11 nitrogen and oxygen atoms in total. The number of aliphatic carboxylic acids is 1. The number of dihydropyridines is 1. The van der Waals surface area contributed by atoms with Gasteiger partial charge in [0, 0.05) is 35.6 Å². The van der Waals surface area contributed by atoms with Gasteiger partial charge in [0.05, 0.1) is 30.1 Å². The molecule has 1 aliphatic rings. The Hall–Kier alpha value is -4.51. The van der Waals surface area contributed by atoms with Crippen molar-refractivity contribution in [2.75, 3.05) is 14.2 Å². The van der Waals surface area contributed by atoms with Gasteiger partial charge in [-0.2, -0.15) is 4.98 Å². The monoisotopic (exact) mass is 505 g/mol. The Labute approximate surface area is 213 Å². The molecular formula is C26H27N5O6. The number of hydrogen-bond acceptors (Lipinski definition) is 9. The molecule has 2 N–H and O–H groups in total. The van der Waals surface area contributed by atoms with Gasteiger partial charge < -0.3 is 19.7 Å². The van der Waals surface area contributed by atoms with Gasteiger partial charge in [-0.05, 0) is 44.2 Å². The van der Waals surface area contributed by atoms with Gasteiger partial charge in [0.2, 0.25) is 0 Å². The second-order valence-corrected chi connectivity index (χ2v) is 8.83. The predicted octanol–water partition coefficient (Wildman–Crippen LogP) is 4.10. The van der Waals surface area contributed by atoms with Crippen LogP contribution in [0.1, 0.15) is 42.6 Å². The molecule has 2 heterocycles. The summed E-state index contributed by atoms with van der Waals surface area (Å²) >= 11 is 0. The topological polar surface area (TPSA) is 144 Å². The van der Waals surface area contributed by atoms with Gasteiger partial charge in [0.15, 0.2) is 5.82 Å². The smallest absolute Gasteiger partial charge is 0.334 e. The van der Waals surface area contributed by atoms with Crippen LogP contribution in [0.4, 0.5) is 5.69 Å². The molecule has 4 rings (SSSR count). The number of ether oxygens (including phenoxy) is 1. The van der Waals surface area contributed by atoms with Crippen molar-refractivity contribution < 1.29 is 24.1 Å². The quantitative estimate of drug-likeness (QED) is 0.322. The van der Waals surface area contributed by atoms with Crippen molar-refractivity contribution in [2.24, 2.45) is 0 Å². The van der Waals surface area contributed by atoms with Crippen molar-refractivity contribution in [1.82, 2.24) is 20.4 Å². The highest BCUT2D eigenvalue weighted by molar-refractivity contribution is 5.95. The molecule has 1 atom stereocenters. The standard InChI is InChI=1S/C26H27N5O6/c1-15-22(24(23(26(32)33)16(2)27-15)18-6-5-7-19(12-18)31(34)35)25-28-21(29-37-25)14-30(3)13-17-8-10-20(36-4)11-9-17/h5-12,24,27H,13-14H2,1-4H3,(H,32,33). The summed E-state index contributed by atoms with van der Waals surface area (Å²) in [5, 5.41) is 28.6. The lowest BCUT2D eigenvalue weighted by atomic mass is 9.80. The van der Waals surface area contributed by atoms with Crippen LogP contribution in [-0.2, 0) is 17.9 Å². The molecule has 1 unspecified atom stereocenters. The Balaban J connectivity index is 1.64. The fraction of sp³-hybridized carbons (Fsp3) is 0.269. The molecule has 0 saturated heterocycles. The maximum Gasteiger partial charge on any atom is 0.334 e. The number of benzene rings is 2. The van der Waals surface area contributed by atoms with Crippen molar-refractivity contribution in [3.05, 3.63) is 98.5 Å². The van der Waals surface area contributed by atoms with Crippen molar-refractivity contribution in [3.63, 3.8) is 0 Å². The maximum absolute atomic E-state index is 12.3. The highest BCUT2D eigenvalue weighted by Gasteiger charge is 2.37. The Bertz CT molecular complexity index is 1390. The predicted molar refractivity (Wildman–Crippen MR) is 134 cm³/mol. The van der Waals surface area contributed by atoms with Gasteiger partial charge in [0.1, 0.15) is 5.75 Å². The molecule has 0 spiro atoms. The van der Waals surface area contributed by atoms with E-state index in [4.69, 9.17) is 9.26 Å². The molecule has 3 aromatic rings. The number of allylic oxidation sites excluding steroid dienone is 3. The summed E-state index contributed by atoms with van der Waals surface area (Å²) in [5.74, 6) is -0.635. The van der Waals surface area contributed by atoms with Gasteiger partial charge >= 0.3 is 5.97 Å². The first kappa shape index (κ1) is 25.6. The van der Waals surface area contributed by atoms with Crippen LogP contribution in [0.3, 0.4) is 0 Å². The molecule has 2 aromatic carbocycles. The second kappa shape index (κ2) is 10.6. The van der Waals surface area contributed by atoms with E-state index in [-0.39, 0.29) is 17.2 Å². The average molecular weight is 506 g/mol. The lowest BCUT2D eigenvalue weighted by molar-refractivity contribution is -0.384. The number of methoxy groups -OCH3 is 1. The Kier molecular flexibility index (Phi) is 7.35. The number of rotatable bonds is 9. The van der Waals surface area contributed by atoms with Crippen LogP contribution in [0.15, 0.2) is 70.0 Å². The Morgan fingerprint density at radius 1 is 1.19 bits per heavy atom. The number of nitrogens with one attached hydrogen (secondary N) is 1. The summed E-state index contributed by atoms with van der Waals surface area (Å²) in [7, 11) is 3.54. The van der Waals surface area contributed by atoms with Gasteiger partial charge in [0.25, 0.3) is 11.6 Å². The van der Waals surface area contributed by atoms with Crippen LogP contribution in [-0.4, -0.2) is 45.2 Å². The summed E-state index contributed by atoms with van der Waals surface area (Å²) in [6.07, 6.45) is 0. The molecule has 1 aromatic heterocycles. The fourth-order valence-corrected chi connectivity index (χ4v) is 4.48. The normalized spacial score (nSPS) is 15.6. The Morgan fingerprint density at radius 3 is 2.57 bits per heavy atom. The molecule has 11 heteroatoms. The summed E-state index contributed by atoms with van der Waals surface area (Å²) < 4.78 is 10.8. The third-order valence-corrected chi connectivity index (χ3v) is 6.13. The number of carboxylic acids is 1. The van der Waals surface area contributed by atoms with Crippen LogP contribution in [0.25, 0.3) is 5.57 Å². The molecule has 0 fully saturated rings. The van der Waals surface area contributed by atoms with Gasteiger partial charge in [-0.1, -0.05) is 29.4 Å². The van der Waals surface area contributed by atoms with Crippen molar-refractivity contribution in [2.45, 2.75) is 32.9 Å². The highest BCUT2D eigenvalue weighted by Crippen LogP contribution is 2.43. The lowest BCUT2D eigenvalue weighted by Crippen LogP contribution is -2.27. The van der Waals surface area contributed by atoms with Crippen LogP contribution < -0.4 is 10.1 Å². The van der Waals surface area contributed by atoms with Gasteiger partial charge in [-0.25, -0.2) is 4.79 Å². The molecule has 1 aliphatic heterocycles. The van der Waals surface area contributed by atoms with Crippen LogP contribution >= 0.6 is 0 Å². The molecule has 0 saturated carbocycles.